The molecule has 0 aromatic heterocycles. The van der Waals surface area contributed by atoms with Gasteiger partial charge in [-0.15, -0.1) is 0 Å². The Morgan fingerprint density at radius 1 is 1.37 bits per heavy atom. The molecule has 2 bridgehead atoms. The van der Waals surface area contributed by atoms with Gasteiger partial charge in [0.15, 0.2) is 11.8 Å². The number of nitrogens with zero attached hydrogens (tertiary/aromatic N) is 2. The van der Waals surface area contributed by atoms with Gasteiger partial charge in [-0.2, -0.15) is 0 Å². The topological polar surface area (TPSA) is 41.9 Å². The van der Waals surface area contributed by atoms with E-state index in [0.717, 1.165) is 30.8 Å². The van der Waals surface area contributed by atoms with Crippen LogP contribution in [0.1, 0.15) is 19.8 Å². The van der Waals surface area contributed by atoms with E-state index in [4.69, 9.17) is 4.74 Å². The van der Waals surface area contributed by atoms with Gasteiger partial charge in [-0.1, -0.05) is 18.2 Å². The fourth-order valence-corrected chi connectivity index (χ4v) is 3.68. The maximum Gasteiger partial charge on any atom is 0.265 e. The molecule has 0 saturated carbocycles. The number of carbonyl (C=O) groups is 1. The molecule has 4 heteroatoms. The molecule has 98 valence electrons. The van der Waals surface area contributed by atoms with Crippen molar-refractivity contribution in [3.63, 3.8) is 0 Å². The zero-order valence-electron chi connectivity index (χ0n) is 10.9. The molecule has 3 unspecified atom stereocenters. The number of para-hydroxylation sites is 1. The number of hydrogen-bond donors (Lipinski definition) is 0. The lowest BCUT2D eigenvalue weighted by Crippen LogP contribution is -2.60. The lowest BCUT2D eigenvalue weighted by Gasteiger charge is -2.41. The molecule has 1 aromatic carbocycles. The minimum absolute atomic E-state index is 0.0659. The summed E-state index contributed by atoms with van der Waals surface area (Å²) in [6, 6.07) is 9.83. The lowest BCUT2D eigenvalue weighted by molar-refractivity contribution is -0.137. The van der Waals surface area contributed by atoms with Crippen LogP contribution in [0.2, 0.25) is 0 Å². The molecule has 1 amide bonds. The summed E-state index contributed by atoms with van der Waals surface area (Å²) in [7, 11) is 0. The number of amides is 1. The minimum atomic E-state index is -0.765. The smallest absolute Gasteiger partial charge is 0.265 e. The number of fused-ring (bicyclic) bond motifs is 1. The Hall–Kier alpha value is -1.68. The first kappa shape index (κ1) is 11.2. The van der Waals surface area contributed by atoms with Gasteiger partial charge in [0.1, 0.15) is 0 Å². The van der Waals surface area contributed by atoms with E-state index >= 15 is 0 Å². The largest absolute Gasteiger partial charge is 0.334 e. The number of piperidine rings is 1. The summed E-state index contributed by atoms with van der Waals surface area (Å²) in [5.41, 5.74) is 1.05. The van der Waals surface area contributed by atoms with Crippen LogP contribution in [0.4, 0.5) is 5.69 Å². The number of ether oxygens (including phenoxy) is 1. The molecule has 0 radical (unpaired) electrons. The van der Waals surface area contributed by atoms with Gasteiger partial charge in [0.05, 0.1) is 5.71 Å². The molecule has 4 rings (SSSR count). The van der Waals surface area contributed by atoms with Gasteiger partial charge in [0.25, 0.3) is 5.91 Å². The maximum atomic E-state index is 12.9. The van der Waals surface area contributed by atoms with Crippen LogP contribution in [0.3, 0.4) is 0 Å². The van der Waals surface area contributed by atoms with E-state index in [2.05, 4.69) is 4.99 Å². The van der Waals surface area contributed by atoms with E-state index < -0.39 is 5.60 Å². The molecule has 1 aromatic rings. The van der Waals surface area contributed by atoms with Gasteiger partial charge in [-0.3, -0.25) is 9.79 Å². The summed E-state index contributed by atoms with van der Waals surface area (Å²) < 4.78 is 5.95. The van der Waals surface area contributed by atoms with E-state index in [1.54, 1.807) is 0 Å². The van der Waals surface area contributed by atoms with Crippen molar-refractivity contribution in [2.45, 2.75) is 31.6 Å². The summed E-state index contributed by atoms with van der Waals surface area (Å²) in [6.07, 6.45) is 1.79. The Bertz CT molecular complexity index is 569. The lowest BCUT2D eigenvalue weighted by atomic mass is 9.76. The molecule has 3 aliphatic rings. The Morgan fingerprint density at radius 2 is 2.16 bits per heavy atom. The summed E-state index contributed by atoms with van der Waals surface area (Å²) in [5, 5.41) is 0. The first-order valence-corrected chi connectivity index (χ1v) is 6.81. The number of hydrogen-bond acceptors (Lipinski definition) is 3. The molecule has 2 saturated heterocycles. The zero-order chi connectivity index (χ0) is 13.0. The second-order valence-corrected chi connectivity index (χ2v) is 5.54. The molecule has 2 fully saturated rings. The highest BCUT2D eigenvalue weighted by Gasteiger charge is 2.63. The molecule has 4 nitrogen and oxygen atoms in total. The van der Waals surface area contributed by atoms with E-state index in [-0.39, 0.29) is 12.1 Å². The monoisotopic (exact) mass is 256 g/mol. The van der Waals surface area contributed by atoms with Crippen LogP contribution in [0.15, 0.2) is 35.3 Å². The van der Waals surface area contributed by atoms with Gasteiger partial charge in [-0.05, 0) is 25.5 Å². The van der Waals surface area contributed by atoms with Crippen molar-refractivity contribution in [1.29, 1.82) is 0 Å². The van der Waals surface area contributed by atoms with Gasteiger partial charge < -0.3 is 9.64 Å². The predicted octanol–water partition coefficient (Wildman–Crippen LogP) is 2.00. The number of benzene rings is 1. The van der Waals surface area contributed by atoms with Crippen LogP contribution < -0.4 is 4.90 Å². The fraction of sp³-hybridized carbons (Fsp3) is 0.467. The Morgan fingerprint density at radius 3 is 2.89 bits per heavy atom. The first-order valence-electron chi connectivity index (χ1n) is 6.81. The van der Waals surface area contributed by atoms with Gasteiger partial charge in [0.2, 0.25) is 0 Å². The Balaban J connectivity index is 1.76. The van der Waals surface area contributed by atoms with E-state index in [1.807, 2.05) is 42.2 Å². The Labute approximate surface area is 112 Å². The van der Waals surface area contributed by atoms with Crippen LogP contribution in [-0.4, -0.2) is 30.0 Å². The van der Waals surface area contributed by atoms with Crippen LogP contribution in [0.25, 0.3) is 0 Å². The maximum absolute atomic E-state index is 12.9. The highest BCUT2D eigenvalue weighted by atomic mass is 16.5. The summed E-state index contributed by atoms with van der Waals surface area (Å²) in [6.45, 7) is 2.71. The molecular formula is C15H16N2O2. The molecule has 3 atom stereocenters. The van der Waals surface area contributed by atoms with Gasteiger partial charge in [-0.25, -0.2) is 0 Å². The van der Waals surface area contributed by atoms with Crippen LogP contribution in [0, 0.1) is 5.92 Å². The average Bonchev–Trinajstić information content (AvgIpc) is 2.95. The van der Waals surface area contributed by atoms with E-state index in [9.17, 15) is 4.79 Å². The van der Waals surface area contributed by atoms with Crippen molar-refractivity contribution < 1.29 is 9.53 Å². The third kappa shape index (κ3) is 1.32. The van der Waals surface area contributed by atoms with Crippen molar-refractivity contribution in [3.05, 3.63) is 30.3 Å². The van der Waals surface area contributed by atoms with E-state index in [1.165, 1.54) is 0 Å². The summed E-state index contributed by atoms with van der Waals surface area (Å²) >= 11 is 0. The number of rotatable bonds is 1. The highest BCUT2D eigenvalue weighted by Crippen LogP contribution is 2.48. The SMILES string of the molecule is CC1=NC2CC3CCN(c4ccccc4)C(=O)C13O2. The normalized spacial score (nSPS) is 36.4. The average molecular weight is 256 g/mol. The fourth-order valence-electron chi connectivity index (χ4n) is 3.68. The van der Waals surface area contributed by atoms with Crippen LogP contribution >= 0.6 is 0 Å². The third-order valence-electron chi connectivity index (χ3n) is 4.59. The minimum Gasteiger partial charge on any atom is -0.334 e. The molecule has 19 heavy (non-hydrogen) atoms. The van der Waals surface area contributed by atoms with Gasteiger partial charge >= 0.3 is 0 Å². The summed E-state index contributed by atoms with van der Waals surface area (Å²) in [4.78, 5) is 19.2. The second-order valence-electron chi connectivity index (χ2n) is 5.54. The Kier molecular flexibility index (Phi) is 2.16. The van der Waals surface area contributed by atoms with Crippen LogP contribution in [-0.2, 0) is 9.53 Å². The predicted molar refractivity (Wildman–Crippen MR) is 72.2 cm³/mol. The third-order valence-corrected chi connectivity index (χ3v) is 4.59. The molecule has 3 aliphatic heterocycles. The van der Waals surface area contributed by atoms with Crippen molar-refractivity contribution >= 4 is 17.3 Å². The molecule has 0 aliphatic carbocycles. The van der Waals surface area contributed by atoms with E-state index in [0.29, 0.717) is 5.92 Å². The zero-order valence-corrected chi connectivity index (χ0v) is 10.9. The second kappa shape index (κ2) is 3.67. The van der Waals surface area contributed by atoms with Crippen molar-refractivity contribution in [2.24, 2.45) is 10.9 Å². The highest BCUT2D eigenvalue weighted by molar-refractivity contribution is 6.18. The van der Waals surface area contributed by atoms with Gasteiger partial charge in [0, 0.05) is 24.6 Å². The molecule has 0 N–H and O–H groups in total. The quantitative estimate of drug-likeness (QED) is 0.771. The van der Waals surface area contributed by atoms with Crippen LogP contribution in [0.5, 0.6) is 0 Å². The van der Waals surface area contributed by atoms with Crippen molar-refractivity contribution in [3.8, 4) is 0 Å². The number of carbonyl (C=O) groups excluding carboxylic acids is 1. The molecular weight excluding hydrogens is 240 g/mol. The van der Waals surface area contributed by atoms with Crippen molar-refractivity contribution in [1.82, 2.24) is 0 Å². The standard InChI is InChI=1S/C15H16N2O2/c1-10-15-11(9-13(16-10)19-15)7-8-17(14(15)18)12-5-3-2-4-6-12/h2-6,11,13H,7-9H2,1H3. The first-order chi connectivity index (χ1) is 9.22. The number of aliphatic imine (C=N–C) groups is 1. The molecule has 1 spiro atoms. The number of anilines is 1. The summed E-state index contributed by atoms with van der Waals surface area (Å²) in [5.74, 6) is 0.374. The molecule has 3 heterocycles. The van der Waals surface area contributed by atoms with Crippen molar-refractivity contribution in [2.75, 3.05) is 11.4 Å².